The Hall–Kier alpha value is -2.39. The number of nitrogens with one attached hydrogen (secondary N) is 2. The van der Waals surface area contributed by atoms with Crippen LogP contribution in [0.25, 0.3) is 0 Å². The molecule has 7 nitrogen and oxygen atoms in total. The Morgan fingerprint density at radius 1 is 1.22 bits per heavy atom. The van der Waals surface area contributed by atoms with Crippen LogP contribution in [0, 0.1) is 12.7 Å². The summed E-state index contributed by atoms with van der Waals surface area (Å²) >= 11 is 0. The van der Waals surface area contributed by atoms with Crippen molar-refractivity contribution in [2.45, 2.75) is 30.9 Å². The average molecular weight is 395 g/mol. The molecule has 1 aliphatic carbocycles. The predicted molar refractivity (Wildman–Crippen MR) is 102 cm³/mol. The van der Waals surface area contributed by atoms with Crippen molar-refractivity contribution in [3.8, 4) is 0 Å². The summed E-state index contributed by atoms with van der Waals surface area (Å²) in [7, 11) is -2.29. The van der Waals surface area contributed by atoms with Gasteiger partial charge in [-0.2, -0.15) is 0 Å². The molecule has 3 N–H and O–H groups in total. The van der Waals surface area contributed by atoms with Gasteiger partial charge in [0.15, 0.2) is 0 Å². The van der Waals surface area contributed by atoms with Crippen LogP contribution in [0.1, 0.15) is 24.8 Å². The number of halogens is 1. The molecular formula is C18H22FN3O4S. The topological polar surface area (TPSA) is 100 Å². The molecule has 3 rings (SSSR count). The van der Waals surface area contributed by atoms with E-state index in [4.69, 9.17) is 5.11 Å². The Balaban J connectivity index is 1.98. The largest absolute Gasteiger partial charge is 0.396 e. The van der Waals surface area contributed by atoms with Gasteiger partial charge in [-0.3, -0.25) is 9.52 Å². The first-order valence-corrected chi connectivity index (χ1v) is 10.0. The number of aliphatic hydroxyl groups excluding tert-OH is 1. The van der Waals surface area contributed by atoms with Crippen molar-refractivity contribution < 1.29 is 17.9 Å². The van der Waals surface area contributed by atoms with Crippen molar-refractivity contribution in [2.75, 3.05) is 16.6 Å². The highest BCUT2D eigenvalue weighted by Gasteiger charge is 2.54. The molecule has 1 aromatic heterocycles. The second-order valence-corrected chi connectivity index (χ2v) is 9.00. The molecule has 146 valence electrons. The summed E-state index contributed by atoms with van der Waals surface area (Å²) < 4.78 is 42.5. The number of anilines is 3. The van der Waals surface area contributed by atoms with E-state index in [1.54, 1.807) is 13.0 Å². The first kappa shape index (κ1) is 19.4. The van der Waals surface area contributed by atoms with E-state index in [1.807, 2.05) is 0 Å². The summed E-state index contributed by atoms with van der Waals surface area (Å²) in [6.45, 7) is 1.52. The lowest BCUT2D eigenvalue weighted by atomic mass is 10.2. The van der Waals surface area contributed by atoms with Crippen LogP contribution in [0.4, 0.5) is 21.5 Å². The smallest absolute Gasteiger partial charge is 0.252 e. The molecule has 1 heterocycles. The van der Waals surface area contributed by atoms with Gasteiger partial charge in [0.2, 0.25) is 10.0 Å². The minimum atomic E-state index is -3.78. The molecule has 9 heteroatoms. The fourth-order valence-electron chi connectivity index (χ4n) is 2.93. The molecule has 1 aromatic carbocycles. The van der Waals surface area contributed by atoms with Gasteiger partial charge < -0.3 is 15.0 Å². The van der Waals surface area contributed by atoms with E-state index in [0.717, 1.165) is 5.56 Å². The van der Waals surface area contributed by atoms with Gasteiger partial charge in [0.1, 0.15) is 5.82 Å². The van der Waals surface area contributed by atoms with Crippen LogP contribution in [0.5, 0.6) is 0 Å². The number of pyridine rings is 1. The maximum Gasteiger partial charge on any atom is 0.252 e. The van der Waals surface area contributed by atoms with E-state index >= 15 is 0 Å². The molecule has 0 aliphatic heterocycles. The zero-order chi connectivity index (χ0) is 19.8. The minimum Gasteiger partial charge on any atom is -0.396 e. The van der Waals surface area contributed by atoms with Crippen molar-refractivity contribution in [1.29, 1.82) is 0 Å². The summed E-state index contributed by atoms with van der Waals surface area (Å²) in [5.74, 6) is -0.511. The highest BCUT2D eigenvalue weighted by Crippen LogP contribution is 2.47. The van der Waals surface area contributed by atoms with Gasteiger partial charge in [0, 0.05) is 25.9 Å². The molecule has 1 fully saturated rings. The van der Waals surface area contributed by atoms with Crippen molar-refractivity contribution in [3.63, 3.8) is 0 Å². The van der Waals surface area contributed by atoms with Crippen molar-refractivity contribution >= 4 is 27.1 Å². The number of nitrogens with zero attached hydrogens (tertiary/aromatic N) is 1. The molecule has 0 spiro atoms. The van der Waals surface area contributed by atoms with Crippen molar-refractivity contribution in [2.24, 2.45) is 7.05 Å². The number of aliphatic hydroxyl groups is 1. The summed E-state index contributed by atoms with van der Waals surface area (Å²) in [6.07, 6.45) is 2.42. The fraction of sp³-hybridized carbons (Fsp3) is 0.389. The first-order valence-electron chi connectivity index (χ1n) is 8.54. The van der Waals surface area contributed by atoms with Crippen molar-refractivity contribution in [1.82, 2.24) is 4.57 Å². The Morgan fingerprint density at radius 2 is 1.93 bits per heavy atom. The molecule has 0 atom stereocenters. The third-order valence-corrected chi connectivity index (χ3v) is 7.05. The molecule has 0 unspecified atom stereocenters. The van der Waals surface area contributed by atoms with E-state index in [9.17, 15) is 17.6 Å². The second-order valence-electron chi connectivity index (χ2n) is 6.92. The molecule has 1 aliphatic rings. The maximum atomic E-state index is 14.2. The van der Waals surface area contributed by atoms with Gasteiger partial charge >= 0.3 is 0 Å². The number of sulfonamides is 1. The van der Waals surface area contributed by atoms with Crippen LogP contribution in [-0.2, 0) is 17.1 Å². The zero-order valence-corrected chi connectivity index (χ0v) is 15.9. The number of benzene rings is 1. The van der Waals surface area contributed by atoms with Crippen LogP contribution in [0.2, 0.25) is 0 Å². The number of rotatable bonds is 7. The van der Waals surface area contributed by atoms with E-state index in [1.165, 1.54) is 36.0 Å². The lowest BCUT2D eigenvalue weighted by Gasteiger charge is -2.20. The summed E-state index contributed by atoms with van der Waals surface area (Å²) in [6, 6.07) is 5.78. The Bertz CT molecular complexity index is 1030. The van der Waals surface area contributed by atoms with Crippen LogP contribution in [0.15, 0.2) is 35.3 Å². The van der Waals surface area contributed by atoms with E-state index in [0.29, 0.717) is 12.8 Å². The number of aryl methyl sites for hydroxylation is 2. The van der Waals surface area contributed by atoms with Crippen LogP contribution >= 0.6 is 0 Å². The standard InChI is InChI=1S/C18H22FN3O4S/c1-12-3-4-14(13(19)9-12)20-15-10-17(24)22(2)11-16(15)21-27(25,26)18(5-6-18)7-8-23/h3-4,9-11,20-21,23H,5-8H2,1-2H3. The summed E-state index contributed by atoms with van der Waals surface area (Å²) in [5, 5.41) is 12.0. The molecule has 27 heavy (non-hydrogen) atoms. The summed E-state index contributed by atoms with van der Waals surface area (Å²) in [5.41, 5.74) is 0.795. The number of hydrogen-bond acceptors (Lipinski definition) is 5. The Morgan fingerprint density at radius 3 is 2.52 bits per heavy atom. The lowest BCUT2D eigenvalue weighted by Crippen LogP contribution is -2.31. The molecule has 0 amide bonds. The third kappa shape index (κ3) is 3.84. The SMILES string of the molecule is Cc1ccc(Nc2cc(=O)n(C)cc2NS(=O)(=O)C2(CCO)CC2)c(F)c1. The molecule has 0 radical (unpaired) electrons. The number of aromatic nitrogens is 1. The Kier molecular flexibility index (Phi) is 5.00. The van der Waals surface area contributed by atoms with Crippen molar-refractivity contribution in [3.05, 3.63) is 52.2 Å². The quantitative estimate of drug-likeness (QED) is 0.668. The van der Waals surface area contributed by atoms with E-state index in [2.05, 4.69) is 10.0 Å². The summed E-state index contributed by atoms with van der Waals surface area (Å²) in [4.78, 5) is 12.0. The molecule has 0 saturated heterocycles. The number of hydrogen-bond donors (Lipinski definition) is 3. The highest BCUT2D eigenvalue weighted by atomic mass is 32.2. The van der Waals surface area contributed by atoms with Crippen LogP contribution in [-0.4, -0.2) is 29.4 Å². The fourth-order valence-corrected chi connectivity index (χ4v) is 4.60. The van der Waals surface area contributed by atoms with Gasteiger partial charge in [-0.05, 0) is 43.9 Å². The van der Waals surface area contributed by atoms with Crippen LogP contribution < -0.4 is 15.6 Å². The third-order valence-electron chi connectivity index (χ3n) is 4.81. The van der Waals surface area contributed by atoms with E-state index in [-0.39, 0.29) is 35.6 Å². The second kappa shape index (κ2) is 6.97. The molecule has 1 saturated carbocycles. The average Bonchev–Trinajstić information content (AvgIpc) is 3.36. The highest BCUT2D eigenvalue weighted by molar-refractivity contribution is 7.94. The molecule has 0 bridgehead atoms. The maximum absolute atomic E-state index is 14.2. The van der Waals surface area contributed by atoms with Gasteiger partial charge in [0.05, 0.1) is 21.8 Å². The minimum absolute atomic E-state index is 0.130. The monoisotopic (exact) mass is 395 g/mol. The van der Waals surface area contributed by atoms with E-state index < -0.39 is 20.6 Å². The lowest BCUT2D eigenvalue weighted by molar-refractivity contribution is 0.283. The Labute approximate surface area is 156 Å². The van der Waals surface area contributed by atoms with Gasteiger partial charge in [-0.1, -0.05) is 6.07 Å². The molecule has 2 aromatic rings. The first-order chi connectivity index (χ1) is 12.7. The van der Waals surface area contributed by atoms with Crippen LogP contribution in [0.3, 0.4) is 0 Å². The van der Waals surface area contributed by atoms with Gasteiger partial charge in [-0.15, -0.1) is 0 Å². The van der Waals surface area contributed by atoms with Gasteiger partial charge in [-0.25, -0.2) is 12.8 Å². The predicted octanol–water partition coefficient (Wildman–Crippen LogP) is 2.23. The normalized spacial score (nSPS) is 15.4. The molecular weight excluding hydrogens is 373 g/mol. The zero-order valence-electron chi connectivity index (χ0n) is 15.1. The van der Waals surface area contributed by atoms with Gasteiger partial charge in [0.25, 0.3) is 5.56 Å².